The maximum atomic E-state index is 12.4. The molecule has 0 fully saturated rings. The monoisotopic (exact) mass is 468 g/mol. The van der Waals surface area contributed by atoms with Crippen molar-refractivity contribution in [2.45, 2.75) is 0 Å². The normalized spacial score (nSPS) is 10.5. The number of ether oxygens (including phenoxy) is 4. The summed E-state index contributed by atoms with van der Waals surface area (Å²) in [6.07, 6.45) is 1.45. The van der Waals surface area contributed by atoms with Gasteiger partial charge in [0.2, 0.25) is 0 Å². The molecule has 0 spiro atoms. The van der Waals surface area contributed by atoms with Gasteiger partial charge in [-0.15, -0.1) is 0 Å². The van der Waals surface area contributed by atoms with Crippen molar-refractivity contribution in [3.63, 3.8) is 0 Å². The molecule has 3 rings (SSSR count). The molecule has 170 valence electrons. The van der Waals surface area contributed by atoms with Crippen LogP contribution in [0.3, 0.4) is 0 Å². The van der Waals surface area contributed by atoms with Crippen molar-refractivity contribution >= 4 is 29.7 Å². The van der Waals surface area contributed by atoms with E-state index in [2.05, 4.69) is 10.5 Å². The summed E-state index contributed by atoms with van der Waals surface area (Å²) in [5.41, 5.74) is 3.37. The third-order valence-corrected chi connectivity index (χ3v) is 4.62. The molecule has 9 heteroatoms. The number of rotatable bonds is 9. The number of benzene rings is 3. The van der Waals surface area contributed by atoms with Crippen LogP contribution in [-0.4, -0.2) is 38.9 Å². The molecule has 0 aliphatic rings. The number of hydrogen-bond acceptors (Lipinski definition) is 7. The van der Waals surface area contributed by atoms with E-state index in [0.717, 1.165) is 0 Å². The zero-order chi connectivity index (χ0) is 23.6. The number of para-hydroxylation sites is 1. The number of halogens is 1. The number of nitrogens with one attached hydrogen (secondary N) is 1. The molecule has 8 nitrogen and oxygen atoms in total. The summed E-state index contributed by atoms with van der Waals surface area (Å²) >= 11 is 5.97. The van der Waals surface area contributed by atoms with Crippen LogP contribution in [0, 0.1) is 0 Å². The first-order chi connectivity index (χ1) is 16.0. The van der Waals surface area contributed by atoms with E-state index in [4.69, 9.17) is 30.5 Å². The van der Waals surface area contributed by atoms with Crippen molar-refractivity contribution in [1.82, 2.24) is 5.43 Å². The summed E-state index contributed by atoms with van der Waals surface area (Å²) in [6.45, 7) is -0.230. The number of carbonyl (C=O) groups excluding carboxylic acids is 2. The number of hydrogen-bond donors (Lipinski definition) is 1. The third-order valence-electron chi connectivity index (χ3n) is 4.31. The van der Waals surface area contributed by atoms with Gasteiger partial charge in [0.15, 0.2) is 18.1 Å². The zero-order valence-corrected chi connectivity index (χ0v) is 18.7. The van der Waals surface area contributed by atoms with Gasteiger partial charge in [0, 0.05) is 0 Å². The van der Waals surface area contributed by atoms with Gasteiger partial charge in [0.1, 0.15) is 11.5 Å². The fourth-order valence-electron chi connectivity index (χ4n) is 2.67. The minimum absolute atomic E-state index is 0.230. The highest BCUT2D eigenvalue weighted by molar-refractivity contribution is 6.32. The van der Waals surface area contributed by atoms with Crippen LogP contribution in [0.15, 0.2) is 71.8 Å². The van der Waals surface area contributed by atoms with Gasteiger partial charge in [-0.3, -0.25) is 4.79 Å². The van der Waals surface area contributed by atoms with Crippen LogP contribution in [0.2, 0.25) is 5.02 Å². The first kappa shape index (κ1) is 23.6. The first-order valence-corrected chi connectivity index (χ1v) is 10.1. The molecule has 0 radical (unpaired) electrons. The number of nitrogens with zero attached hydrogens (tertiary/aromatic N) is 1. The van der Waals surface area contributed by atoms with E-state index in [0.29, 0.717) is 39.1 Å². The maximum absolute atomic E-state index is 12.4. The van der Waals surface area contributed by atoms with Gasteiger partial charge < -0.3 is 18.9 Å². The van der Waals surface area contributed by atoms with E-state index in [1.165, 1.54) is 20.4 Å². The molecule has 3 aromatic carbocycles. The minimum Gasteiger partial charge on any atom is -0.493 e. The van der Waals surface area contributed by atoms with Crippen molar-refractivity contribution < 1.29 is 28.5 Å². The lowest BCUT2D eigenvalue weighted by Crippen LogP contribution is -2.24. The Labute approximate surface area is 195 Å². The van der Waals surface area contributed by atoms with Crippen molar-refractivity contribution in [2.24, 2.45) is 5.10 Å². The molecule has 0 aliphatic carbocycles. The Bertz CT molecular complexity index is 1150. The van der Waals surface area contributed by atoms with E-state index in [1.807, 2.05) is 0 Å². The lowest BCUT2D eigenvalue weighted by molar-refractivity contribution is -0.123. The Morgan fingerprint density at radius 2 is 1.67 bits per heavy atom. The molecule has 0 atom stereocenters. The van der Waals surface area contributed by atoms with Crippen LogP contribution in [0.5, 0.6) is 23.0 Å². The third kappa shape index (κ3) is 6.72. The highest BCUT2D eigenvalue weighted by atomic mass is 35.5. The van der Waals surface area contributed by atoms with E-state index >= 15 is 0 Å². The summed E-state index contributed by atoms with van der Waals surface area (Å²) in [7, 11) is 3.00. The number of hydrazone groups is 1. The minimum atomic E-state index is -0.539. The Hall–Kier alpha value is -4.04. The molecular weight excluding hydrogens is 448 g/mol. The number of methoxy groups -OCH3 is 2. The topological polar surface area (TPSA) is 95.5 Å². The van der Waals surface area contributed by atoms with Crippen LogP contribution >= 0.6 is 11.6 Å². The Kier molecular flexibility index (Phi) is 8.26. The first-order valence-electron chi connectivity index (χ1n) is 9.73. The van der Waals surface area contributed by atoms with E-state index in [9.17, 15) is 9.59 Å². The second-order valence-electron chi connectivity index (χ2n) is 6.54. The fraction of sp³-hybridized carbons (Fsp3) is 0.125. The Balaban J connectivity index is 1.50. The summed E-state index contributed by atoms with van der Waals surface area (Å²) < 4.78 is 21.1. The standard InChI is InChI=1S/C24H21ClN2O6/c1-30-21-12-9-17(13-22(21)31-2)24(29)33-18-10-7-16(8-11-18)14-26-27-23(28)15-32-20-6-4-3-5-19(20)25/h3-14H,15H2,1-2H3,(H,27,28). The van der Waals surface area contributed by atoms with E-state index < -0.39 is 11.9 Å². The molecular formula is C24H21ClN2O6. The van der Waals surface area contributed by atoms with Crippen molar-refractivity contribution in [1.29, 1.82) is 0 Å². The zero-order valence-electron chi connectivity index (χ0n) is 17.9. The molecule has 0 saturated heterocycles. The molecule has 0 aliphatic heterocycles. The maximum Gasteiger partial charge on any atom is 0.343 e. The smallest absolute Gasteiger partial charge is 0.343 e. The van der Waals surface area contributed by atoms with Gasteiger partial charge in [-0.25, -0.2) is 10.2 Å². The second-order valence-corrected chi connectivity index (χ2v) is 6.95. The van der Waals surface area contributed by atoms with Gasteiger partial charge in [-0.2, -0.15) is 5.10 Å². The van der Waals surface area contributed by atoms with Gasteiger partial charge in [0.25, 0.3) is 5.91 Å². The molecule has 0 unspecified atom stereocenters. The lowest BCUT2D eigenvalue weighted by atomic mass is 10.2. The number of carbonyl (C=O) groups is 2. The molecule has 0 heterocycles. The second kappa shape index (κ2) is 11.5. The number of esters is 1. The summed E-state index contributed by atoms with van der Waals surface area (Å²) in [4.78, 5) is 24.2. The van der Waals surface area contributed by atoms with Crippen LogP contribution in [0.25, 0.3) is 0 Å². The molecule has 3 aromatic rings. The molecule has 0 saturated carbocycles. The van der Waals surface area contributed by atoms with Crippen molar-refractivity contribution in [2.75, 3.05) is 20.8 Å². The number of amides is 1. The highest BCUT2D eigenvalue weighted by Crippen LogP contribution is 2.28. The molecule has 33 heavy (non-hydrogen) atoms. The summed E-state index contributed by atoms with van der Waals surface area (Å²) in [6, 6.07) is 18.2. The molecule has 1 N–H and O–H groups in total. The molecule has 0 bridgehead atoms. The van der Waals surface area contributed by atoms with Crippen LogP contribution in [-0.2, 0) is 4.79 Å². The van der Waals surface area contributed by atoms with Crippen LogP contribution in [0.1, 0.15) is 15.9 Å². The van der Waals surface area contributed by atoms with E-state index in [-0.39, 0.29) is 6.61 Å². The van der Waals surface area contributed by atoms with Crippen molar-refractivity contribution in [3.05, 3.63) is 82.9 Å². The van der Waals surface area contributed by atoms with Crippen molar-refractivity contribution in [3.8, 4) is 23.0 Å². The van der Waals surface area contributed by atoms with E-state index in [1.54, 1.807) is 66.7 Å². The van der Waals surface area contributed by atoms with Gasteiger partial charge in [-0.1, -0.05) is 23.7 Å². The van der Waals surface area contributed by atoms with Gasteiger partial charge in [-0.05, 0) is 60.2 Å². The Morgan fingerprint density at radius 1 is 0.939 bits per heavy atom. The average Bonchev–Trinajstić information content (AvgIpc) is 2.84. The van der Waals surface area contributed by atoms with Crippen LogP contribution < -0.4 is 24.4 Å². The molecule has 1 amide bonds. The fourth-order valence-corrected chi connectivity index (χ4v) is 2.86. The average molecular weight is 469 g/mol. The van der Waals surface area contributed by atoms with Gasteiger partial charge in [0.05, 0.1) is 31.0 Å². The largest absolute Gasteiger partial charge is 0.493 e. The van der Waals surface area contributed by atoms with Crippen LogP contribution in [0.4, 0.5) is 0 Å². The SMILES string of the molecule is COc1ccc(C(=O)Oc2ccc(C=NNC(=O)COc3ccccc3Cl)cc2)cc1OC. The summed E-state index contributed by atoms with van der Waals surface area (Å²) in [5.74, 6) is 0.730. The molecule has 0 aromatic heterocycles. The predicted molar refractivity (Wildman–Crippen MR) is 124 cm³/mol. The quantitative estimate of drug-likeness (QED) is 0.220. The summed E-state index contributed by atoms with van der Waals surface area (Å²) in [5, 5.41) is 4.30. The Morgan fingerprint density at radius 3 is 2.36 bits per heavy atom. The predicted octanol–water partition coefficient (Wildman–Crippen LogP) is 4.11. The lowest BCUT2D eigenvalue weighted by Gasteiger charge is -2.09. The highest BCUT2D eigenvalue weighted by Gasteiger charge is 2.13. The van der Waals surface area contributed by atoms with Gasteiger partial charge >= 0.3 is 5.97 Å².